The molecule has 2 rings (SSSR count). The summed E-state index contributed by atoms with van der Waals surface area (Å²) in [5.41, 5.74) is 2.72. The van der Waals surface area contributed by atoms with Crippen LogP contribution < -0.4 is 0 Å². The van der Waals surface area contributed by atoms with Crippen molar-refractivity contribution >= 4 is 11.1 Å². The van der Waals surface area contributed by atoms with Gasteiger partial charge in [-0.15, -0.1) is 0 Å². The highest BCUT2D eigenvalue weighted by Gasteiger charge is 2.23. The molecule has 2 nitrogen and oxygen atoms in total. The van der Waals surface area contributed by atoms with Crippen LogP contribution in [0.4, 0.5) is 0 Å². The Morgan fingerprint density at radius 2 is 2.04 bits per heavy atom. The molecular formula is C20H24O2S. The van der Waals surface area contributed by atoms with Crippen LogP contribution in [-0.2, 0) is 15.3 Å². The maximum atomic E-state index is 11.9. The molecule has 0 saturated heterocycles. The fourth-order valence-corrected chi connectivity index (χ4v) is 3.21. The summed E-state index contributed by atoms with van der Waals surface area (Å²) >= 11 is -1.45. The first-order valence-corrected chi connectivity index (χ1v) is 9.04. The molecule has 1 aliphatic rings. The van der Waals surface area contributed by atoms with E-state index < -0.39 is 11.1 Å². The Morgan fingerprint density at radius 3 is 2.74 bits per heavy atom. The molecule has 0 radical (unpaired) electrons. The van der Waals surface area contributed by atoms with Crippen molar-refractivity contribution in [1.29, 1.82) is 0 Å². The summed E-state index contributed by atoms with van der Waals surface area (Å²) in [5.74, 6) is 5.84. The van der Waals surface area contributed by atoms with Crippen LogP contribution in [0.5, 0.6) is 0 Å². The molecule has 0 amide bonds. The van der Waals surface area contributed by atoms with Crippen molar-refractivity contribution in [1.82, 2.24) is 0 Å². The molecule has 0 heterocycles. The predicted octanol–water partition coefficient (Wildman–Crippen LogP) is 4.73. The van der Waals surface area contributed by atoms with Gasteiger partial charge in [-0.25, -0.2) is 4.21 Å². The molecule has 0 spiro atoms. The van der Waals surface area contributed by atoms with Gasteiger partial charge in [-0.1, -0.05) is 55.5 Å². The normalized spacial score (nSPS) is 18.1. The number of allylic oxidation sites excluding steroid dienone is 4. The Bertz CT molecular complexity index is 670. The Balaban J connectivity index is 1.82. The SMILES string of the molecule is Cc1ccc([S@@](=O)OCC#C/C=C/C2=CCCCC2(C)C)cc1. The molecule has 23 heavy (non-hydrogen) atoms. The van der Waals surface area contributed by atoms with Gasteiger partial charge in [-0.05, 0) is 55.4 Å². The zero-order chi connectivity index (χ0) is 16.7. The molecule has 0 aromatic heterocycles. The fourth-order valence-electron chi connectivity index (χ4n) is 2.55. The highest BCUT2D eigenvalue weighted by molar-refractivity contribution is 7.80. The third-order valence-electron chi connectivity index (χ3n) is 4.05. The predicted molar refractivity (Wildman–Crippen MR) is 96.2 cm³/mol. The zero-order valence-electron chi connectivity index (χ0n) is 14.1. The third-order valence-corrected chi connectivity index (χ3v) is 5.04. The first-order chi connectivity index (χ1) is 11.0. The molecule has 0 unspecified atom stereocenters. The minimum atomic E-state index is -1.45. The van der Waals surface area contributed by atoms with E-state index >= 15 is 0 Å². The van der Waals surface area contributed by atoms with Gasteiger partial charge < -0.3 is 0 Å². The minimum absolute atomic E-state index is 0.160. The van der Waals surface area contributed by atoms with Gasteiger partial charge >= 0.3 is 0 Å². The lowest BCUT2D eigenvalue weighted by atomic mass is 9.75. The van der Waals surface area contributed by atoms with Crippen LogP contribution in [0, 0.1) is 24.2 Å². The molecule has 0 N–H and O–H groups in total. The van der Waals surface area contributed by atoms with Gasteiger partial charge in [0.05, 0.1) is 4.90 Å². The molecular weight excluding hydrogens is 304 g/mol. The molecule has 0 bridgehead atoms. The van der Waals surface area contributed by atoms with Gasteiger partial charge in [0.2, 0.25) is 0 Å². The molecule has 1 aliphatic carbocycles. The van der Waals surface area contributed by atoms with Crippen LogP contribution in [0.15, 0.2) is 53.0 Å². The largest absolute Gasteiger partial charge is 0.274 e. The van der Waals surface area contributed by atoms with E-state index in [4.69, 9.17) is 4.18 Å². The van der Waals surface area contributed by atoms with Gasteiger partial charge in [0.1, 0.15) is 6.61 Å². The highest BCUT2D eigenvalue weighted by Crippen LogP contribution is 2.37. The number of hydrogen-bond donors (Lipinski definition) is 0. The molecule has 1 aromatic carbocycles. The van der Waals surface area contributed by atoms with Gasteiger partial charge in [0, 0.05) is 0 Å². The second kappa shape index (κ2) is 8.29. The quantitative estimate of drug-likeness (QED) is 0.747. The van der Waals surface area contributed by atoms with E-state index in [1.54, 1.807) is 0 Å². The summed E-state index contributed by atoms with van der Waals surface area (Å²) in [4.78, 5) is 0.669. The highest BCUT2D eigenvalue weighted by atomic mass is 32.2. The average Bonchev–Trinajstić information content (AvgIpc) is 2.52. The molecule has 122 valence electrons. The van der Waals surface area contributed by atoms with E-state index in [9.17, 15) is 4.21 Å². The standard InChI is InChI=1S/C20H24O2S/c1-17-11-13-19(14-12-17)23(21)22-16-8-4-5-9-18-10-6-7-15-20(18,2)3/h5,9-14H,6-7,15-16H2,1-3H3/b9-5+/t23-/m0/s1. The maximum absolute atomic E-state index is 11.9. The van der Waals surface area contributed by atoms with Crippen LogP contribution in [0.25, 0.3) is 0 Å². The van der Waals surface area contributed by atoms with E-state index in [2.05, 4.69) is 37.8 Å². The van der Waals surface area contributed by atoms with Crippen LogP contribution >= 0.6 is 0 Å². The Morgan fingerprint density at radius 1 is 1.30 bits per heavy atom. The molecule has 0 saturated carbocycles. The molecule has 0 fully saturated rings. The third kappa shape index (κ3) is 5.49. The van der Waals surface area contributed by atoms with Crippen molar-refractivity contribution in [3.8, 4) is 11.8 Å². The summed E-state index contributed by atoms with van der Waals surface area (Å²) in [6.45, 7) is 6.69. The number of rotatable bonds is 4. The maximum Gasteiger partial charge on any atom is 0.190 e. The van der Waals surface area contributed by atoms with E-state index in [0.29, 0.717) is 4.90 Å². The fraction of sp³-hybridized carbons (Fsp3) is 0.400. The molecule has 1 atom stereocenters. The second-order valence-electron chi connectivity index (χ2n) is 6.40. The molecule has 3 heteroatoms. The summed E-state index contributed by atoms with van der Waals surface area (Å²) in [5, 5.41) is 0. The van der Waals surface area contributed by atoms with E-state index in [0.717, 1.165) is 12.0 Å². The lowest BCUT2D eigenvalue weighted by Crippen LogP contribution is -2.16. The van der Waals surface area contributed by atoms with E-state index in [1.165, 1.54) is 18.4 Å². The topological polar surface area (TPSA) is 26.3 Å². The molecule has 1 aromatic rings. The number of aryl methyl sites for hydroxylation is 1. The monoisotopic (exact) mass is 328 g/mol. The van der Waals surface area contributed by atoms with Crippen molar-refractivity contribution in [3.05, 3.63) is 53.6 Å². The Kier molecular flexibility index (Phi) is 6.38. The van der Waals surface area contributed by atoms with Crippen molar-refractivity contribution in [2.75, 3.05) is 6.61 Å². The van der Waals surface area contributed by atoms with Gasteiger partial charge in [-0.3, -0.25) is 4.18 Å². The van der Waals surface area contributed by atoms with Gasteiger partial charge in [-0.2, -0.15) is 0 Å². The van der Waals surface area contributed by atoms with Crippen molar-refractivity contribution in [2.45, 2.75) is 44.9 Å². The lowest BCUT2D eigenvalue weighted by Gasteiger charge is -2.29. The number of benzene rings is 1. The first kappa shape index (κ1) is 17.7. The Labute approximate surface area is 142 Å². The van der Waals surface area contributed by atoms with E-state index in [-0.39, 0.29) is 12.0 Å². The first-order valence-electron chi connectivity index (χ1n) is 7.96. The van der Waals surface area contributed by atoms with Crippen molar-refractivity contribution in [3.63, 3.8) is 0 Å². The van der Waals surface area contributed by atoms with Crippen LogP contribution in [0.1, 0.15) is 38.7 Å². The summed E-state index contributed by atoms with van der Waals surface area (Å²) < 4.78 is 17.2. The minimum Gasteiger partial charge on any atom is -0.274 e. The van der Waals surface area contributed by atoms with E-state index in [1.807, 2.05) is 37.3 Å². The lowest BCUT2D eigenvalue weighted by molar-refractivity contribution is 0.385. The van der Waals surface area contributed by atoms with Crippen LogP contribution in [-0.4, -0.2) is 10.8 Å². The van der Waals surface area contributed by atoms with Crippen LogP contribution in [0.2, 0.25) is 0 Å². The average molecular weight is 328 g/mol. The zero-order valence-corrected chi connectivity index (χ0v) is 14.9. The Hall–Kier alpha value is -1.63. The van der Waals surface area contributed by atoms with Crippen molar-refractivity contribution < 1.29 is 8.39 Å². The van der Waals surface area contributed by atoms with Gasteiger partial charge in [0.25, 0.3) is 0 Å². The molecule has 0 aliphatic heterocycles. The van der Waals surface area contributed by atoms with Gasteiger partial charge in [0.15, 0.2) is 11.1 Å². The number of hydrogen-bond acceptors (Lipinski definition) is 2. The summed E-state index contributed by atoms with van der Waals surface area (Å²) in [7, 11) is 0. The summed E-state index contributed by atoms with van der Waals surface area (Å²) in [6, 6.07) is 7.47. The smallest absolute Gasteiger partial charge is 0.190 e. The second-order valence-corrected chi connectivity index (χ2v) is 7.58. The van der Waals surface area contributed by atoms with Crippen LogP contribution in [0.3, 0.4) is 0 Å². The van der Waals surface area contributed by atoms with Crippen molar-refractivity contribution in [2.24, 2.45) is 5.41 Å². The summed E-state index contributed by atoms with van der Waals surface area (Å²) in [6.07, 6.45) is 9.86.